The summed E-state index contributed by atoms with van der Waals surface area (Å²) in [6.07, 6.45) is -0.843. The lowest BCUT2D eigenvalue weighted by Crippen LogP contribution is -2.44. The predicted octanol–water partition coefficient (Wildman–Crippen LogP) is 1.31. The van der Waals surface area contributed by atoms with Crippen LogP contribution < -0.4 is 15.8 Å². The molecule has 1 unspecified atom stereocenters. The third-order valence-corrected chi connectivity index (χ3v) is 2.82. The minimum absolute atomic E-state index is 0.180. The van der Waals surface area contributed by atoms with Gasteiger partial charge < -0.3 is 20.5 Å². The van der Waals surface area contributed by atoms with E-state index in [1.807, 2.05) is 6.07 Å². The molecule has 118 valence electrons. The minimum atomic E-state index is -3.11. The van der Waals surface area contributed by atoms with Gasteiger partial charge in [0.25, 0.3) is 5.92 Å². The van der Waals surface area contributed by atoms with Crippen molar-refractivity contribution in [2.75, 3.05) is 20.2 Å². The van der Waals surface area contributed by atoms with Gasteiger partial charge in [-0.1, -0.05) is 12.1 Å². The summed E-state index contributed by atoms with van der Waals surface area (Å²) in [7, 11) is 1.55. The molecule has 0 aliphatic rings. The number of benzene rings is 1. The first kappa shape index (κ1) is 17.3. The van der Waals surface area contributed by atoms with Crippen molar-refractivity contribution < 1.29 is 23.0 Å². The van der Waals surface area contributed by atoms with Crippen LogP contribution in [0.25, 0.3) is 0 Å². The summed E-state index contributed by atoms with van der Waals surface area (Å²) < 4.78 is 36.2. The first-order valence-electron chi connectivity index (χ1n) is 6.48. The number of hydrogen-bond acceptors (Lipinski definition) is 4. The Morgan fingerprint density at radius 3 is 2.81 bits per heavy atom. The smallest absolute Gasteiger partial charge is 0.277 e. The van der Waals surface area contributed by atoms with Gasteiger partial charge in [-0.2, -0.15) is 0 Å². The summed E-state index contributed by atoms with van der Waals surface area (Å²) in [5.74, 6) is -3.04. The lowest BCUT2D eigenvalue weighted by atomic mass is 10.2. The van der Waals surface area contributed by atoms with Crippen LogP contribution in [0.3, 0.4) is 0 Å². The van der Waals surface area contributed by atoms with Gasteiger partial charge in [0.2, 0.25) is 5.91 Å². The molecule has 0 saturated heterocycles. The maximum absolute atomic E-state index is 12.9. The van der Waals surface area contributed by atoms with E-state index in [2.05, 4.69) is 5.32 Å². The highest BCUT2D eigenvalue weighted by atomic mass is 19.3. The normalized spacial score (nSPS) is 12.8. The standard InChI is InChI=1S/C14H20F2N2O3/c1-10(13(19)18-9-14(15,16)8-17)21-7-11-4-3-5-12(6-11)20-2/h3-6,10H,7-9,17H2,1-2H3,(H,18,19). The Bertz CT molecular complexity index is 469. The number of carbonyl (C=O) groups excluding carboxylic acids is 1. The highest BCUT2D eigenvalue weighted by Gasteiger charge is 2.28. The number of methoxy groups -OCH3 is 1. The summed E-state index contributed by atoms with van der Waals surface area (Å²) in [5.41, 5.74) is 5.71. The van der Waals surface area contributed by atoms with Crippen LogP contribution in [-0.2, 0) is 16.1 Å². The van der Waals surface area contributed by atoms with Gasteiger partial charge in [0.05, 0.1) is 26.8 Å². The number of nitrogens with two attached hydrogens (primary N) is 1. The number of carbonyl (C=O) groups is 1. The van der Waals surface area contributed by atoms with Crippen LogP contribution >= 0.6 is 0 Å². The highest BCUT2D eigenvalue weighted by Crippen LogP contribution is 2.14. The molecule has 5 nitrogen and oxygen atoms in total. The van der Waals surface area contributed by atoms with Crippen molar-refractivity contribution >= 4 is 5.91 Å². The Kier molecular flexibility index (Phi) is 6.51. The van der Waals surface area contributed by atoms with Crippen molar-refractivity contribution in [3.8, 4) is 5.75 Å². The molecule has 0 spiro atoms. The maximum atomic E-state index is 12.9. The molecule has 0 radical (unpaired) electrons. The zero-order valence-corrected chi connectivity index (χ0v) is 12.1. The van der Waals surface area contributed by atoms with Crippen LogP contribution in [0.2, 0.25) is 0 Å². The lowest BCUT2D eigenvalue weighted by Gasteiger charge is -2.17. The third-order valence-electron chi connectivity index (χ3n) is 2.82. The fourth-order valence-corrected chi connectivity index (χ4v) is 1.49. The Labute approximate surface area is 122 Å². The highest BCUT2D eigenvalue weighted by molar-refractivity contribution is 5.80. The van der Waals surface area contributed by atoms with Gasteiger partial charge in [-0.25, -0.2) is 8.78 Å². The molecule has 1 amide bonds. The number of ether oxygens (including phenoxy) is 2. The number of alkyl halides is 2. The Morgan fingerprint density at radius 2 is 2.19 bits per heavy atom. The van der Waals surface area contributed by atoms with Gasteiger partial charge in [0.15, 0.2) is 0 Å². The Morgan fingerprint density at radius 1 is 1.48 bits per heavy atom. The van der Waals surface area contributed by atoms with Crippen molar-refractivity contribution in [2.45, 2.75) is 25.6 Å². The van der Waals surface area contributed by atoms with E-state index in [1.165, 1.54) is 6.92 Å². The molecular weight excluding hydrogens is 282 g/mol. The molecule has 0 fully saturated rings. The lowest BCUT2D eigenvalue weighted by molar-refractivity contribution is -0.134. The van der Waals surface area contributed by atoms with Crippen LogP contribution in [-0.4, -0.2) is 38.1 Å². The zero-order valence-electron chi connectivity index (χ0n) is 12.1. The SMILES string of the molecule is COc1cccc(COC(C)C(=O)NCC(F)(F)CN)c1. The second-order valence-electron chi connectivity index (χ2n) is 4.58. The van der Waals surface area contributed by atoms with E-state index in [-0.39, 0.29) is 6.61 Å². The Hall–Kier alpha value is -1.73. The summed E-state index contributed by atoms with van der Waals surface area (Å²) in [6, 6.07) is 7.17. The monoisotopic (exact) mass is 302 g/mol. The van der Waals surface area contributed by atoms with Crippen LogP contribution in [0.4, 0.5) is 8.78 Å². The Balaban J connectivity index is 2.42. The van der Waals surface area contributed by atoms with Gasteiger partial charge in [0, 0.05) is 0 Å². The average molecular weight is 302 g/mol. The van der Waals surface area contributed by atoms with Gasteiger partial charge in [0.1, 0.15) is 11.9 Å². The molecule has 7 heteroatoms. The first-order valence-corrected chi connectivity index (χ1v) is 6.48. The largest absolute Gasteiger partial charge is 0.497 e. The number of rotatable bonds is 8. The van der Waals surface area contributed by atoms with Crippen molar-refractivity contribution in [2.24, 2.45) is 5.73 Å². The molecule has 0 bridgehead atoms. The number of amides is 1. The molecule has 1 atom stereocenters. The average Bonchev–Trinajstić information content (AvgIpc) is 2.50. The molecule has 0 aliphatic carbocycles. The molecule has 0 aliphatic heterocycles. The topological polar surface area (TPSA) is 73.6 Å². The van der Waals surface area contributed by atoms with Crippen molar-refractivity contribution in [1.82, 2.24) is 5.32 Å². The molecule has 1 rings (SSSR count). The van der Waals surface area contributed by atoms with Crippen molar-refractivity contribution in [3.05, 3.63) is 29.8 Å². The summed E-state index contributed by atoms with van der Waals surface area (Å²) in [6.45, 7) is 0.0662. The maximum Gasteiger partial charge on any atom is 0.277 e. The van der Waals surface area contributed by atoms with E-state index in [1.54, 1.807) is 25.3 Å². The van der Waals surface area contributed by atoms with E-state index in [0.717, 1.165) is 5.56 Å². The summed E-state index contributed by atoms with van der Waals surface area (Å²) in [5, 5.41) is 2.11. The number of nitrogens with one attached hydrogen (secondary N) is 1. The van der Waals surface area contributed by atoms with Crippen LogP contribution in [0, 0.1) is 0 Å². The predicted molar refractivity (Wildman–Crippen MR) is 74.3 cm³/mol. The van der Waals surface area contributed by atoms with Gasteiger partial charge in [-0.3, -0.25) is 4.79 Å². The minimum Gasteiger partial charge on any atom is -0.497 e. The summed E-state index contributed by atoms with van der Waals surface area (Å²) in [4.78, 5) is 11.6. The molecule has 1 aromatic rings. The van der Waals surface area contributed by atoms with E-state index < -0.39 is 31.0 Å². The molecular formula is C14H20F2N2O3. The fourth-order valence-electron chi connectivity index (χ4n) is 1.49. The van der Waals surface area contributed by atoms with Gasteiger partial charge >= 0.3 is 0 Å². The van der Waals surface area contributed by atoms with E-state index >= 15 is 0 Å². The second kappa shape index (κ2) is 7.90. The number of halogens is 2. The first-order chi connectivity index (χ1) is 9.88. The van der Waals surface area contributed by atoms with Gasteiger partial charge in [-0.15, -0.1) is 0 Å². The zero-order chi connectivity index (χ0) is 15.9. The molecule has 1 aromatic carbocycles. The van der Waals surface area contributed by atoms with Crippen molar-refractivity contribution in [1.29, 1.82) is 0 Å². The van der Waals surface area contributed by atoms with E-state index in [4.69, 9.17) is 15.2 Å². The molecule has 0 heterocycles. The van der Waals surface area contributed by atoms with Crippen molar-refractivity contribution in [3.63, 3.8) is 0 Å². The molecule has 0 saturated carbocycles. The number of hydrogen-bond donors (Lipinski definition) is 2. The van der Waals surface area contributed by atoms with Gasteiger partial charge in [-0.05, 0) is 24.6 Å². The molecule has 21 heavy (non-hydrogen) atoms. The van der Waals surface area contributed by atoms with E-state index in [0.29, 0.717) is 5.75 Å². The molecule has 0 aromatic heterocycles. The second-order valence-corrected chi connectivity index (χ2v) is 4.58. The summed E-state index contributed by atoms with van der Waals surface area (Å²) >= 11 is 0. The van der Waals surface area contributed by atoms with Crippen LogP contribution in [0.5, 0.6) is 5.75 Å². The third kappa shape index (κ3) is 6.05. The molecule has 3 N–H and O–H groups in total. The fraction of sp³-hybridized carbons (Fsp3) is 0.500. The van der Waals surface area contributed by atoms with E-state index in [9.17, 15) is 13.6 Å². The van der Waals surface area contributed by atoms with Crippen LogP contribution in [0.1, 0.15) is 12.5 Å². The quantitative estimate of drug-likeness (QED) is 0.759. The van der Waals surface area contributed by atoms with Crippen LogP contribution in [0.15, 0.2) is 24.3 Å².